The highest BCUT2D eigenvalue weighted by atomic mass is 79.9. The van der Waals surface area contributed by atoms with Gasteiger partial charge in [0.15, 0.2) is 28.9 Å². The number of benzene rings is 1. The molecule has 1 fully saturated rings. The normalized spacial score (nSPS) is 34.7. The fourth-order valence-electron chi connectivity index (χ4n) is 2.56. The van der Waals surface area contributed by atoms with Crippen LogP contribution in [0.1, 0.15) is 0 Å². The van der Waals surface area contributed by atoms with Crippen LogP contribution in [0, 0.1) is 0 Å². The van der Waals surface area contributed by atoms with Crippen molar-refractivity contribution in [3.05, 3.63) is 30.3 Å². The van der Waals surface area contributed by atoms with E-state index in [9.17, 15) is 15.3 Å². The Morgan fingerprint density at radius 3 is 2.74 bits per heavy atom. The summed E-state index contributed by atoms with van der Waals surface area (Å²) in [5.74, 6) is 0.357. The van der Waals surface area contributed by atoms with Crippen molar-refractivity contribution in [2.75, 3.05) is 6.61 Å². The third kappa shape index (κ3) is 3.08. The minimum atomic E-state index is -1.58. The van der Waals surface area contributed by atoms with Gasteiger partial charge in [-0.3, -0.25) is 4.29 Å². The maximum absolute atomic E-state index is 10.1. The van der Waals surface area contributed by atoms with Gasteiger partial charge in [-0.25, -0.2) is 0 Å². The van der Waals surface area contributed by atoms with Crippen LogP contribution >= 0.6 is 27.8 Å². The summed E-state index contributed by atoms with van der Waals surface area (Å²) in [6.07, 6.45) is -5.18. The van der Waals surface area contributed by atoms with Gasteiger partial charge in [0.25, 0.3) is 0 Å². The van der Waals surface area contributed by atoms with Crippen LogP contribution < -0.4 is 4.74 Å². The lowest BCUT2D eigenvalue weighted by Crippen LogP contribution is -2.65. The molecule has 0 spiro atoms. The van der Waals surface area contributed by atoms with Crippen molar-refractivity contribution in [1.29, 1.82) is 0 Å². The summed E-state index contributed by atoms with van der Waals surface area (Å²) in [4.78, 5) is 3.04. The van der Waals surface area contributed by atoms with Crippen LogP contribution in [-0.4, -0.2) is 56.0 Å². The van der Waals surface area contributed by atoms with E-state index in [0.717, 1.165) is 10.9 Å². The van der Waals surface area contributed by atoms with Crippen molar-refractivity contribution in [1.82, 2.24) is 4.98 Å². The van der Waals surface area contributed by atoms with E-state index in [-0.39, 0.29) is 0 Å². The number of rotatable bonds is 4. The fraction of sp³-hybridized carbons (Fsp3) is 0.429. The Bertz CT molecular complexity index is 651. The number of aliphatic hydroxyl groups excluding tert-OH is 3. The second kappa shape index (κ2) is 6.56. The van der Waals surface area contributed by atoms with Crippen molar-refractivity contribution in [2.45, 2.75) is 29.1 Å². The number of hydrogen-bond donors (Lipinski definition) is 4. The molecule has 0 radical (unpaired) electrons. The number of nitrogens with one attached hydrogen (secondary N) is 1. The van der Waals surface area contributed by atoms with Crippen molar-refractivity contribution in [3.8, 4) is 5.88 Å². The number of alkyl halides is 1. The highest BCUT2D eigenvalue weighted by Gasteiger charge is 2.55. The Hall–Kier alpha value is -0.870. The third-order valence-corrected chi connectivity index (χ3v) is 4.83. The number of aromatic nitrogens is 1. The van der Waals surface area contributed by atoms with Gasteiger partial charge in [0, 0.05) is 17.0 Å². The zero-order valence-electron chi connectivity index (χ0n) is 11.7. The van der Waals surface area contributed by atoms with E-state index in [1.54, 1.807) is 6.07 Å². The molecule has 0 aliphatic carbocycles. The molecule has 9 heteroatoms. The average Bonchev–Trinajstić information content (AvgIpc) is 2.95. The minimum Gasteiger partial charge on any atom is -0.470 e. The maximum atomic E-state index is 10.1. The first-order valence-corrected chi connectivity index (χ1v) is 7.94. The molecule has 0 saturated carbocycles. The number of halogens is 2. The summed E-state index contributed by atoms with van der Waals surface area (Å²) in [5, 5.41) is 30.4. The molecule has 1 aliphatic rings. The van der Waals surface area contributed by atoms with E-state index >= 15 is 0 Å². The van der Waals surface area contributed by atoms with Crippen LogP contribution in [-0.2, 0) is 9.03 Å². The number of fused-ring (bicyclic) bond motifs is 1. The SMILES string of the molecule is OC[C@@]1(Br)O[C@@H](O)[C@H](O)[C@@H](Oc2cc3ccccc3[nH]2)[C@@H]1OCl. The third-order valence-electron chi connectivity index (χ3n) is 3.75. The molecule has 126 valence electrons. The number of aliphatic hydroxyl groups is 3. The van der Waals surface area contributed by atoms with E-state index in [1.807, 2.05) is 24.3 Å². The Labute approximate surface area is 145 Å². The molecule has 3 rings (SSSR count). The zero-order chi connectivity index (χ0) is 16.6. The van der Waals surface area contributed by atoms with E-state index in [1.165, 1.54) is 0 Å². The lowest BCUT2D eigenvalue weighted by atomic mass is 9.99. The Kier molecular flexibility index (Phi) is 4.84. The maximum Gasteiger partial charge on any atom is 0.192 e. The fourth-order valence-corrected chi connectivity index (χ4v) is 3.46. The first-order chi connectivity index (χ1) is 11.0. The summed E-state index contributed by atoms with van der Waals surface area (Å²) >= 11 is 8.63. The molecule has 0 amide bonds. The van der Waals surface area contributed by atoms with Gasteiger partial charge in [0.05, 0.1) is 18.5 Å². The molecule has 7 nitrogen and oxygen atoms in total. The first-order valence-electron chi connectivity index (χ1n) is 6.84. The number of aromatic amines is 1. The smallest absolute Gasteiger partial charge is 0.192 e. The molecule has 4 N–H and O–H groups in total. The van der Waals surface area contributed by atoms with Crippen LogP contribution in [0.2, 0.25) is 0 Å². The highest BCUT2D eigenvalue weighted by molar-refractivity contribution is 9.10. The molecule has 1 aromatic heterocycles. The Morgan fingerprint density at radius 1 is 1.35 bits per heavy atom. The van der Waals surface area contributed by atoms with Crippen molar-refractivity contribution < 1.29 is 29.1 Å². The summed E-state index contributed by atoms with van der Waals surface area (Å²) in [5.41, 5.74) is 0.847. The predicted molar refractivity (Wildman–Crippen MR) is 85.3 cm³/mol. The first kappa shape index (κ1) is 17.0. The van der Waals surface area contributed by atoms with Gasteiger partial charge in [-0.05, 0) is 22.0 Å². The van der Waals surface area contributed by atoms with E-state index in [0.29, 0.717) is 5.88 Å². The van der Waals surface area contributed by atoms with Gasteiger partial charge in [-0.1, -0.05) is 18.2 Å². The standard InChI is InChI=1S/C14H15BrClNO6/c15-14(6-18)12(23-16)11(10(19)13(20)22-14)21-9-5-7-3-1-2-4-8(7)17-9/h1-5,10-13,17-20H,6H2/t10-,11-,12+,13-,14-/m1/s1. The van der Waals surface area contributed by atoms with Gasteiger partial charge >= 0.3 is 0 Å². The monoisotopic (exact) mass is 407 g/mol. The van der Waals surface area contributed by atoms with Crippen LogP contribution in [0.3, 0.4) is 0 Å². The van der Waals surface area contributed by atoms with Crippen molar-refractivity contribution in [2.24, 2.45) is 0 Å². The van der Waals surface area contributed by atoms with Gasteiger partial charge in [-0.15, -0.1) is 0 Å². The number of hydrogen-bond acceptors (Lipinski definition) is 6. The molecule has 0 bridgehead atoms. The molecule has 1 saturated heterocycles. The quantitative estimate of drug-likeness (QED) is 0.568. The number of H-pyrrole nitrogens is 1. The lowest BCUT2D eigenvalue weighted by Gasteiger charge is -2.45. The van der Waals surface area contributed by atoms with Crippen LogP contribution in [0.5, 0.6) is 5.88 Å². The van der Waals surface area contributed by atoms with Crippen molar-refractivity contribution >= 4 is 38.7 Å². The molecule has 5 atom stereocenters. The average molecular weight is 409 g/mol. The van der Waals surface area contributed by atoms with Gasteiger partial charge in [0.2, 0.25) is 0 Å². The molecule has 1 aliphatic heterocycles. The molecule has 1 aromatic carbocycles. The van der Waals surface area contributed by atoms with Crippen LogP contribution in [0.4, 0.5) is 0 Å². The second-order valence-corrected chi connectivity index (χ2v) is 6.78. The van der Waals surface area contributed by atoms with Gasteiger partial charge < -0.3 is 29.8 Å². The van der Waals surface area contributed by atoms with Crippen LogP contribution in [0.15, 0.2) is 30.3 Å². The molecule has 2 heterocycles. The van der Waals surface area contributed by atoms with Crippen LogP contribution in [0.25, 0.3) is 10.9 Å². The number of ether oxygens (including phenoxy) is 2. The zero-order valence-corrected chi connectivity index (χ0v) is 14.1. The summed E-state index contributed by atoms with van der Waals surface area (Å²) in [6, 6.07) is 9.26. The van der Waals surface area contributed by atoms with Crippen molar-refractivity contribution in [3.63, 3.8) is 0 Å². The molecular formula is C14H15BrClNO6. The molecule has 0 unspecified atom stereocenters. The lowest BCUT2D eigenvalue weighted by molar-refractivity contribution is -0.287. The molecule has 23 heavy (non-hydrogen) atoms. The van der Waals surface area contributed by atoms with E-state index in [4.69, 9.17) is 25.6 Å². The van der Waals surface area contributed by atoms with E-state index in [2.05, 4.69) is 20.9 Å². The number of para-hydroxylation sites is 1. The van der Waals surface area contributed by atoms with Gasteiger partial charge in [0.1, 0.15) is 6.10 Å². The summed E-state index contributed by atoms with van der Waals surface area (Å²) in [6.45, 7) is -0.555. The topological polar surface area (TPSA) is 104 Å². The highest BCUT2D eigenvalue weighted by Crippen LogP contribution is 2.38. The predicted octanol–water partition coefficient (Wildman–Crippen LogP) is 1.25. The minimum absolute atomic E-state index is 0.357. The second-order valence-electron chi connectivity index (χ2n) is 5.26. The molecule has 2 aromatic rings. The van der Waals surface area contributed by atoms with Gasteiger partial charge in [-0.2, -0.15) is 0 Å². The largest absolute Gasteiger partial charge is 0.470 e. The molecular weight excluding hydrogens is 394 g/mol. The Balaban J connectivity index is 1.91. The summed E-state index contributed by atoms with van der Waals surface area (Å²) in [7, 11) is 0. The summed E-state index contributed by atoms with van der Waals surface area (Å²) < 4.78 is 14.2. The Morgan fingerprint density at radius 2 is 2.09 bits per heavy atom. The van der Waals surface area contributed by atoms with E-state index < -0.39 is 35.7 Å².